The second kappa shape index (κ2) is 9.07. The van der Waals surface area contributed by atoms with E-state index in [1.165, 1.54) is 4.90 Å². The first kappa shape index (κ1) is 22.1. The second-order valence-electron chi connectivity index (χ2n) is 8.11. The van der Waals surface area contributed by atoms with Gasteiger partial charge in [-0.25, -0.2) is 14.6 Å². The highest BCUT2D eigenvalue weighted by Gasteiger charge is 2.30. The number of carbonyl (C=O) groups is 2. The van der Waals surface area contributed by atoms with Gasteiger partial charge in [-0.05, 0) is 64.0 Å². The summed E-state index contributed by atoms with van der Waals surface area (Å²) in [5.74, 6) is 0.528. The van der Waals surface area contributed by atoms with Crippen LogP contribution in [0, 0.1) is 0 Å². The minimum absolute atomic E-state index is 0.175. The third-order valence-electron chi connectivity index (χ3n) is 4.52. The van der Waals surface area contributed by atoms with Gasteiger partial charge in [-0.3, -0.25) is 10.2 Å². The molecule has 8 heteroatoms. The zero-order chi connectivity index (χ0) is 22.6. The predicted octanol–water partition coefficient (Wildman–Crippen LogP) is 4.86. The van der Waals surface area contributed by atoms with Crippen molar-refractivity contribution in [2.75, 3.05) is 11.9 Å². The number of amides is 2. The van der Waals surface area contributed by atoms with Crippen LogP contribution in [0.5, 0.6) is 5.75 Å². The third kappa shape index (κ3) is 5.75. The molecule has 0 fully saturated rings. The van der Waals surface area contributed by atoms with Gasteiger partial charge in [0.15, 0.2) is 0 Å². The van der Waals surface area contributed by atoms with Gasteiger partial charge in [0.25, 0.3) is 0 Å². The fourth-order valence-corrected chi connectivity index (χ4v) is 3.23. The lowest BCUT2D eigenvalue weighted by atomic mass is 9.94. The molecular formula is C23H27N3O5. The summed E-state index contributed by atoms with van der Waals surface area (Å²) in [7, 11) is 0. The second-order valence-corrected chi connectivity index (χ2v) is 8.11. The Labute approximate surface area is 181 Å². The number of aromatic hydroxyl groups is 1. The average Bonchev–Trinajstić information content (AvgIpc) is 2.68. The molecule has 0 saturated heterocycles. The first-order valence-corrected chi connectivity index (χ1v) is 10.1. The molecule has 0 spiro atoms. The van der Waals surface area contributed by atoms with Gasteiger partial charge in [0, 0.05) is 11.8 Å². The molecule has 1 aliphatic rings. The zero-order valence-electron chi connectivity index (χ0n) is 18.1. The lowest BCUT2D eigenvalue weighted by Gasteiger charge is -2.32. The minimum atomic E-state index is -0.618. The number of phenolic OH excluding ortho intramolecular Hbond substituents is 1. The summed E-state index contributed by atoms with van der Waals surface area (Å²) in [6, 6.07) is 9.98. The zero-order valence-corrected chi connectivity index (χ0v) is 18.1. The van der Waals surface area contributed by atoms with Crippen LogP contribution in [0.2, 0.25) is 0 Å². The van der Waals surface area contributed by atoms with Crippen LogP contribution < -0.4 is 5.32 Å². The van der Waals surface area contributed by atoms with Crippen molar-refractivity contribution < 1.29 is 24.2 Å². The minimum Gasteiger partial charge on any atom is -0.508 e. The fraction of sp³-hybridized carbons (Fsp3) is 0.348. The summed E-state index contributed by atoms with van der Waals surface area (Å²) < 4.78 is 10.5. The van der Waals surface area contributed by atoms with Gasteiger partial charge in [0.05, 0.1) is 18.3 Å². The van der Waals surface area contributed by atoms with Gasteiger partial charge in [-0.1, -0.05) is 18.2 Å². The Balaban J connectivity index is 1.88. The van der Waals surface area contributed by atoms with Gasteiger partial charge < -0.3 is 14.6 Å². The Kier molecular flexibility index (Phi) is 6.48. The molecule has 31 heavy (non-hydrogen) atoms. The number of anilines is 1. The number of carbonyl (C=O) groups excluding carboxylic acids is 2. The number of nitrogens with zero attached hydrogens (tertiary/aromatic N) is 2. The SMILES string of the molecule is CCOC(=O)N1C=Cc2nc(NC(=O)OC(C)(C)C)ccc2C1Cc1ccc(O)cc1. The molecule has 1 atom stereocenters. The van der Waals surface area contributed by atoms with E-state index in [1.807, 2.05) is 18.2 Å². The van der Waals surface area contributed by atoms with Crippen LogP contribution in [-0.4, -0.2) is 39.4 Å². The van der Waals surface area contributed by atoms with E-state index in [-0.39, 0.29) is 18.4 Å². The number of ether oxygens (including phenoxy) is 2. The maximum Gasteiger partial charge on any atom is 0.414 e. The van der Waals surface area contributed by atoms with E-state index in [0.29, 0.717) is 17.9 Å². The molecule has 8 nitrogen and oxygen atoms in total. The normalized spacial score (nSPS) is 15.2. The molecule has 1 aliphatic heterocycles. The molecular weight excluding hydrogens is 398 g/mol. The van der Waals surface area contributed by atoms with Crippen molar-refractivity contribution in [2.45, 2.75) is 45.8 Å². The summed E-state index contributed by atoms with van der Waals surface area (Å²) in [5.41, 5.74) is 1.78. The molecule has 2 N–H and O–H groups in total. The van der Waals surface area contributed by atoms with Crippen LogP contribution in [0.15, 0.2) is 42.6 Å². The predicted molar refractivity (Wildman–Crippen MR) is 117 cm³/mol. The number of hydrogen-bond donors (Lipinski definition) is 2. The summed E-state index contributed by atoms with van der Waals surface area (Å²) >= 11 is 0. The lowest BCUT2D eigenvalue weighted by molar-refractivity contribution is 0.0635. The van der Waals surface area contributed by atoms with E-state index >= 15 is 0 Å². The monoisotopic (exact) mass is 425 g/mol. The summed E-state index contributed by atoms with van der Waals surface area (Å²) in [5, 5.41) is 12.2. The number of benzene rings is 1. The maximum absolute atomic E-state index is 12.5. The Bertz CT molecular complexity index is 980. The quantitative estimate of drug-likeness (QED) is 0.725. The smallest absolute Gasteiger partial charge is 0.414 e. The van der Waals surface area contributed by atoms with Gasteiger partial charge in [0.2, 0.25) is 0 Å². The summed E-state index contributed by atoms with van der Waals surface area (Å²) in [6.45, 7) is 7.37. The Morgan fingerprint density at radius 2 is 1.87 bits per heavy atom. The van der Waals surface area contributed by atoms with Gasteiger partial charge >= 0.3 is 12.2 Å². The molecule has 2 heterocycles. The molecule has 1 aromatic heterocycles. The first-order chi connectivity index (χ1) is 14.7. The average molecular weight is 425 g/mol. The number of fused-ring (bicyclic) bond motifs is 1. The number of phenols is 1. The van der Waals surface area contributed by atoms with Gasteiger partial charge in [0.1, 0.15) is 17.2 Å². The molecule has 0 radical (unpaired) electrons. The third-order valence-corrected chi connectivity index (χ3v) is 4.52. The summed E-state index contributed by atoms with van der Waals surface area (Å²) in [6.07, 6.45) is 2.80. The van der Waals surface area contributed by atoms with E-state index in [1.54, 1.807) is 58.2 Å². The van der Waals surface area contributed by atoms with E-state index in [9.17, 15) is 14.7 Å². The van der Waals surface area contributed by atoms with Crippen molar-refractivity contribution in [3.63, 3.8) is 0 Å². The molecule has 2 amide bonds. The van der Waals surface area contributed by atoms with E-state index in [4.69, 9.17) is 9.47 Å². The van der Waals surface area contributed by atoms with Crippen LogP contribution in [-0.2, 0) is 15.9 Å². The van der Waals surface area contributed by atoms with Gasteiger partial charge in [-0.15, -0.1) is 0 Å². The van der Waals surface area contributed by atoms with Crippen molar-refractivity contribution >= 4 is 24.1 Å². The topological polar surface area (TPSA) is 101 Å². The van der Waals surface area contributed by atoms with Crippen LogP contribution >= 0.6 is 0 Å². The van der Waals surface area contributed by atoms with Crippen LogP contribution in [0.4, 0.5) is 15.4 Å². The van der Waals surface area contributed by atoms with E-state index in [2.05, 4.69) is 10.3 Å². The van der Waals surface area contributed by atoms with Crippen LogP contribution in [0.1, 0.15) is 50.6 Å². The van der Waals surface area contributed by atoms with Crippen molar-refractivity contribution in [2.24, 2.45) is 0 Å². The van der Waals surface area contributed by atoms with Crippen molar-refractivity contribution in [1.82, 2.24) is 9.88 Å². The number of aromatic nitrogens is 1. The summed E-state index contributed by atoms with van der Waals surface area (Å²) in [4.78, 5) is 30.6. The van der Waals surface area contributed by atoms with Crippen LogP contribution in [0.25, 0.3) is 6.08 Å². The highest BCUT2D eigenvalue weighted by Crippen LogP contribution is 2.34. The van der Waals surface area contributed by atoms with Crippen molar-refractivity contribution in [3.8, 4) is 5.75 Å². The molecule has 3 rings (SSSR count). The van der Waals surface area contributed by atoms with Crippen molar-refractivity contribution in [3.05, 3.63) is 59.4 Å². The molecule has 0 saturated carbocycles. The Morgan fingerprint density at radius 3 is 2.52 bits per heavy atom. The first-order valence-electron chi connectivity index (χ1n) is 10.1. The standard InChI is InChI=1S/C23H27N3O5/c1-5-30-22(29)26-13-12-18-17(19(26)14-15-6-8-16(27)9-7-15)10-11-20(24-18)25-21(28)31-23(2,3)4/h6-13,19,27H,5,14H2,1-4H3,(H,24,25,28). The number of nitrogens with one attached hydrogen (secondary N) is 1. The van der Waals surface area contributed by atoms with Crippen LogP contribution in [0.3, 0.4) is 0 Å². The van der Waals surface area contributed by atoms with Gasteiger partial charge in [-0.2, -0.15) is 0 Å². The van der Waals surface area contributed by atoms with Crippen molar-refractivity contribution in [1.29, 1.82) is 0 Å². The largest absolute Gasteiger partial charge is 0.508 e. The molecule has 164 valence electrons. The molecule has 2 aromatic rings. The van der Waals surface area contributed by atoms with E-state index in [0.717, 1.165) is 11.1 Å². The molecule has 1 aromatic carbocycles. The number of pyridine rings is 1. The maximum atomic E-state index is 12.5. The van der Waals surface area contributed by atoms with E-state index < -0.39 is 17.8 Å². The molecule has 0 aliphatic carbocycles. The lowest BCUT2D eigenvalue weighted by Crippen LogP contribution is -2.34. The Hall–Kier alpha value is -3.55. The Morgan fingerprint density at radius 1 is 1.16 bits per heavy atom. The number of rotatable bonds is 4. The highest BCUT2D eigenvalue weighted by molar-refractivity contribution is 5.84. The number of hydrogen-bond acceptors (Lipinski definition) is 6. The highest BCUT2D eigenvalue weighted by atomic mass is 16.6. The fourth-order valence-electron chi connectivity index (χ4n) is 3.23. The molecule has 1 unspecified atom stereocenters. The molecule has 0 bridgehead atoms.